The van der Waals surface area contributed by atoms with Gasteiger partial charge in [0.2, 0.25) is 0 Å². The van der Waals surface area contributed by atoms with Gasteiger partial charge in [0.05, 0.1) is 47.9 Å². The van der Waals surface area contributed by atoms with Crippen LogP contribution in [-0.4, -0.2) is 67.9 Å². The lowest BCUT2D eigenvalue weighted by molar-refractivity contribution is 0.00706. The maximum Gasteiger partial charge on any atom is 0.296 e. The van der Waals surface area contributed by atoms with Crippen LogP contribution < -0.4 is 9.64 Å². The first kappa shape index (κ1) is 20.2. The summed E-state index contributed by atoms with van der Waals surface area (Å²) in [4.78, 5) is 14.6. The molecule has 3 N–H and O–H groups in total. The van der Waals surface area contributed by atoms with Crippen LogP contribution in [0.2, 0.25) is 5.02 Å². The second-order valence-corrected chi connectivity index (χ2v) is 9.24. The highest BCUT2D eigenvalue weighted by Gasteiger charge is 2.48. The summed E-state index contributed by atoms with van der Waals surface area (Å²) in [7, 11) is 0. The molecule has 0 radical (unpaired) electrons. The standard InChI is InChI=1S/C23H21ClN6O4/c24-14-5-15-22(28-23(26-15)34-18-10-33-20-17(31)9-32-21(18)20)27-19(14)11-1-3-13(4-2-11)30-7-12-6-25-29-16(12)8-30/h1-6,17-18,20-21,31H,7-10H2,(H,25,29)(H,26,27,28)/t17-,18-,20?,21?/m1/s1. The van der Waals surface area contributed by atoms with E-state index in [0.717, 1.165) is 30.0 Å². The van der Waals surface area contributed by atoms with Gasteiger partial charge in [-0.25, -0.2) is 4.98 Å². The number of benzene rings is 1. The van der Waals surface area contributed by atoms with Crippen molar-refractivity contribution in [2.45, 2.75) is 37.5 Å². The van der Waals surface area contributed by atoms with Crippen LogP contribution in [0.3, 0.4) is 0 Å². The average Bonchev–Trinajstić information content (AvgIpc) is 3.62. The van der Waals surface area contributed by atoms with Crippen LogP contribution in [0.15, 0.2) is 36.5 Å². The van der Waals surface area contributed by atoms with Crippen molar-refractivity contribution in [2.24, 2.45) is 0 Å². The lowest BCUT2D eigenvalue weighted by atomic mass is 10.1. The van der Waals surface area contributed by atoms with E-state index in [0.29, 0.717) is 34.5 Å². The van der Waals surface area contributed by atoms with Gasteiger partial charge in [-0.2, -0.15) is 10.1 Å². The maximum absolute atomic E-state index is 9.92. The molecule has 2 saturated heterocycles. The van der Waals surface area contributed by atoms with Crippen molar-refractivity contribution in [1.82, 2.24) is 25.1 Å². The number of nitrogens with zero attached hydrogens (tertiary/aromatic N) is 4. The number of fused-ring (bicyclic) bond motifs is 3. The number of aliphatic hydroxyl groups is 1. The number of ether oxygens (including phenoxy) is 3. The Morgan fingerprint density at radius 2 is 1.94 bits per heavy atom. The molecule has 2 unspecified atom stereocenters. The van der Waals surface area contributed by atoms with Gasteiger partial charge in [-0.15, -0.1) is 0 Å². The quantitative estimate of drug-likeness (QED) is 0.407. The Morgan fingerprint density at radius 3 is 2.79 bits per heavy atom. The highest BCUT2D eigenvalue weighted by atomic mass is 35.5. The highest BCUT2D eigenvalue weighted by Crippen LogP contribution is 2.34. The van der Waals surface area contributed by atoms with Crippen LogP contribution in [0.4, 0.5) is 5.69 Å². The second kappa shape index (κ2) is 7.67. The van der Waals surface area contributed by atoms with Crippen LogP contribution in [0, 0.1) is 0 Å². The number of H-pyrrole nitrogens is 2. The minimum absolute atomic E-state index is 0.246. The minimum atomic E-state index is -0.628. The SMILES string of the molecule is O[C@@H]1COC2C1OC[C@H]2Oc1nc2nc(-c3ccc(N4Cc5cn[nH]c5C4)cc3)c(Cl)cc2[nH]1. The first-order valence-electron chi connectivity index (χ1n) is 11.1. The lowest BCUT2D eigenvalue weighted by Gasteiger charge is -2.18. The number of hydrogen-bond donors (Lipinski definition) is 3. The number of anilines is 1. The summed E-state index contributed by atoms with van der Waals surface area (Å²) < 4.78 is 17.2. The summed E-state index contributed by atoms with van der Waals surface area (Å²) in [5.41, 5.74) is 6.25. The van der Waals surface area contributed by atoms with E-state index in [1.165, 1.54) is 5.56 Å². The first-order chi connectivity index (χ1) is 16.6. The molecule has 2 fully saturated rings. The highest BCUT2D eigenvalue weighted by molar-refractivity contribution is 6.33. The van der Waals surface area contributed by atoms with Gasteiger partial charge in [0.25, 0.3) is 6.01 Å². The molecule has 0 saturated carbocycles. The van der Waals surface area contributed by atoms with E-state index in [-0.39, 0.29) is 24.9 Å². The zero-order chi connectivity index (χ0) is 22.8. The zero-order valence-electron chi connectivity index (χ0n) is 17.9. The van der Waals surface area contributed by atoms with Crippen molar-refractivity contribution >= 4 is 28.5 Å². The fraction of sp³-hybridized carbons (Fsp3) is 0.348. The van der Waals surface area contributed by atoms with Crippen molar-refractivity contribution in [2.75, 3.05) is 18.1 Å². The van der Waals surface area contributed by atoms with E-state index in [4.69, 9.17) is 25.8 Å². The van der Waals surface area contributed by atoms with Gasteiger partial charge in [-0.3, -0.25) is 5.10 Å². The molecule has 6 heterocycles. The third-order valence-corrected chi connectivity index (χ3v) is 6.96. The van der Waals surface area contributed by atoms with Crippen LogP contribution in [0.25, 0.3) is 22.4 Å². The van der Waals surface area contributed by atoms with Crippen LogP contribution in [-0.2, 0) is 22.6 Å². The molecule has 174 valence electrons. The average molecular weight is 481 g/mol. The molecule has 0 amide bonds. The minimum Gasteiger partial charge on any atom is -0.456 e. The van der Waals surface area contributed by atoms with Gasteiger partial charge in [0, 0.05) is 23.4 Å². The number of hydrogen-bond acceptors (Lipinski definition) is 8. The molecule has 7 rings (SSSR count). The predicted molar refractivity (Wildman–Crippen MR) is 123 cm³/mol. The molecule has 3 aliphatic rings. The summed E-state index contributed by atoms with van der Waals surface area (Å²) >= 11 is 6.58. The molecule has 10 nitrogen and oxygen atoms in total. The van der Waals surface area contributed by atoms with Crippen LogP contribution in [0.1, 0.15) is 11.3 Å². The van der Waals surface area contributed by atoms with Gasteiger partial charge in [0.15, 0.2) is 11.8 Å². The third-order valence-electron chi connectivity index (χ3n) is 6.67. The fourth-order valence-corrected chi connectivity index (χ4v) is 5.18. The van der Waals surface area contributed by atoms with Crippen LogP contribution >= 0.6 is 11.6 Å². The Bertz CT molecular complexity index is 1350. The number of imidazole rings is 1. The van der Waals surface area contributed by atoms with Crippen LogP contribution in [0.5, 0.6) is 6.01 Å². The normalized spacial score (nSPS) is 25.8. The van der Waals surface area contributed by atoms with Crippen molar-refractivity contribution < 1.29 is 19.3 Å². The molecule has 11 heteroatoms. The Hall–Kier alpha value is -3.18. The summed E-state index contributed by atoms with van der Waals surface area (Å²) in [5.74, 6) is 0. The Morgan fingerprint density at radius 1 is 1.09 bits per heavy atom. The number of rotatable bonds is 4. The van der Waals surface area contributed by atoms with E-state index < -0.39 is 6.10 Å². The third kappa shape index (κ3) is 3.25. The van der Waals surface area contributed by atoms with E-state index in [2.05, 4.69) is 42.2 Å². The summed E-state index contributed by atoms with van der Waals surface area (Å²) in [6.07, 6.45) is 0.222. The molecule has 4 aromatic rings. The van der Waals surface area contributed by atoms with Gasteiger partial charge >= 0.3 is 0 Å². The predicted octanol–water partition coefficient (Wildman–Crippen LogP) is 2.43. The maximum atomic E-state index is 9.92. The fourth-order valence-electron chi connectivity index (χ4n) is 4.92. The molecular formula is C23H21ClN6O4. The lowest BCUT2D eigenvalue weighted by Crippen LogP contribution is -2.34. The number of aliphatic hydroxyl groups excluding tert-OH is 1. The number of aromatic amines is 2. The zero-order valence-corrected chi connectivity index (χ0v) is 18.7. The molecule has 0 bridgehead atoms. The molecule has 1 aromatic carbocycles. The smallest absolute Gasteiger partial charge is 0.296 e. The van der Waals surface area contributed by atoms with Crippen molar-refractivity contribution in [3.8, 4) is 17.3 Å². The number of pyridine rings is 1. The molecule has 34 heavy (non-hydrogen) atoms. The van der Waals surface area contributed by atoms with Crippen molar-refractivity contribution in [3.05, 3.63) is 52.8 Å². The number of nitrogens with one attached hydrogen (secondary N) is 2. The molecule has 4 atom stereocenters. The molecule has 3 aliphatic heterocycles. The van der Waals surface area contributed by atoms with E-state index in [9.17, 15) is 5.11 Å². The van der Waals surface area contributed by atoms with E-state index in [1.807, 2.05) is 18.3 Å². The Balaban J connectivity index is 1.12. The topological polar surface area (TPSA) is 121 Å². The monoisotopic (exact) mass is 480 g/mol. The summed E-state index contributed by atoms with van der Waals surface area (Å²) in [5, 5.41) is 17.6. The molecule has 0 spiro atoms. The molecule has 3 aromatic heterocycles. The molecular weight excluding hydrogens is 460 g/mol. The number of aromatic nitrogens is 5. The molecule has 0 aliphatic carbocycles. The summed E-state index contributed by atoms with van der Waals surface area (Å²) in [6, 6.07) is 10.3. The van der Waals surface area contributed by atoms with Crippen molar-refractivity contribution in [1.29, 1.82) is 0 Å². The second-order valence-electron chi connectivity index (χ2n) is 8.83. The van der Waals surface area contributed by atoms with Gasteiger partial charge < -0.3 is 29.2 Å². The number of halogens is 1. The van der Waals surface area contributed by atoms with E-state index >= 15 is 0 Å². The van der Waals surface area contributed by atoms with E-state index in [1.54, 1.807) is 6.07 Å². The summed E-state index contributed by atoms with van der Waals surface area (Å²) in [6.45, 7) is 2.22. The first-order valence-corrected chi connectivity index (χ1v) is 11.5. The van der Waals surface area contributed by atoms with Crippen molar-refractivity contribution in [3.63, 3.8) is 0 Å². The van der Waals surface area contributed by atoms with Gasteiger partial charge in [-0.05, 0) is 18.2 Å². The van der Waals surface area contributed by atoms with Gasteiger partial charge in [0.1, 0.15) is 18.3 Å². The Kier molecular flexibility index (Phi) is 4.56. The van der Waals surface area contributed by atoms with Gasteiger partial charge in [-0.1, -0.05) is 23.7 Å². The largest absolute Gasteiger partial charge is 0.456 e. The Labute approximate surface area is 198 Å².